The smallest absolute Gasteiger partial charge is 0.0637 e. The van der Waals surface area contributed by atoms with E-state index in [0.717, 1.165) is 38.1 Å². The molecule has 0 bridgehead atoms. The topological polar surface area (TPSA) is 21.7 Å². The average molecular weight is 330 g/mol. The van der Waals surface area contributed by atoms with Crippen LogP contribution in [0.5, 0.6) is 0 Å². The molecule has 19 heavy (non-hydrogen) atoms. The first-order valence-corrected chi connectivity index (χ1v) is 7.73. The summed E-state index contributed by atoms with van der Waals surface area (Å²) in [6.07, 6.45) is 1.03. The Hall–Kier alpha value is -0.580. The van der Waals surface area contributed by atoms with Crippen LogP contribution in [0.25, 0.3) is 0 Å². The largest absolute Gasteiger partial charge is 0.385 e. The first-order chi connectivity index (χ1) is 9.22. The predicted molar refractivity (Wildman–Crippen MR) is 84.4 cm³/mol. The predicted octanol–water partition coefficient (Wildman–Crippen LogP) is 3.38. The maximum absolute atomic E-state index is 5.19. The summed E-state index contributed by atoms with van der Waals surface area (Å²) in [6.45, 7) is 5.59. The molecule has 0 atom stereocenters. The Morgan fingerprint density at radius 1 is 1.11 bits per heavy atom. The van der Waals surface area contributed by atoms with Crippen molar-refractivity contribution >= 4 is 21.6 Å². The summed E-state index contributed by atoms with van der Waals surface area (Å²) < 4.78 is 10.3. The van der Waals surface area contributed by atoms with Crippen LogP contribution in [0.1, 0.15) is 17.5 Å². The Morgan fingerprint density at radius 3 is 2.42 bits per heavy atom. The molecule has 1 rings (SSSR count). The zero-order valence-electron chi connectivity index (χ0n) is 12.1. The van der Waals surface area contributed by atoms with Crippen LogP contribution in [0, 0.1) is 6.92 Å². The lowest BCUT2D eigenvalue weighted by Gasteiger charge is -2.25. The minimum absolute atomic E-state index is 0.742. The lowest BCUT2D eigenvalue weighted by Crippen LogP contribution is -2.29. The van der Waals surface area contributed by atoms with Crippen molar-refractivity contribution in [3.8, 4) is 0 Å². The number of hydrogen-bond acceptors (Lipinski definition) is 3. The molecular formula is C15H24BrNO2. The van der Waals surface area contributed by atoms with Gasteiger partial charge in [-0.2, -0.15) is 0 Å². The van der Waals surface area contributed by atoms with Gasteiger partial charge in [-0.3, -0.25) is 0 Å². The minimum Gasteiger partial charge on any atom is -0.385 e. The molecule has 0 spiro atoms. The first-order valence-electron chi connectivity index (χ1n) is 6.61. The normalized spacial score (nSPS) is 10.7. The van der Waals surface area contributed by atoms with Crippen LogP contribution in [0.2, 0.25) is 0 Å². The van der Waals surface area contributed by atoms with Crippen molar-refractivity contribution in [2.24, 2.45) is 0 Å². The number of alkyl halides is 1. The molecule has 0 aliphatic heterocycles. The molecule has 0 unspecified atom stereocenters. The van der Waals surface area contributed by atoms with Gasteiger partial charge in [-0.25, -0.2) is 0 Å². The SMILES string of the molecule is COCCCN(CCOC)c1ccc(CBr)c(C)c1. The fraction of sp³-hybridized carbons (Fsp3) is 0.600. The summed E-state index contributed by atoms with van der Waals surface area (Å²) in [6, 6.07) is 6.63. The third kappa shape index (κ3) is 5.51. The first kappa shape index (κ1) is 16.5. The van der Waals surface area contributed by atoms with Gasteiger partial charge in [0.15, 0.2) is 0 Å². The average Bonchev–Trinajstić information content (AvgIpc) is 2.42. The van der Waals surface area contributed by atoms with Crippen molar-refractivity contribution in [2.45, 2.75) is 18.7 Å². The van der Waals surface area contributed by atoms with E-state index in [-0.39, 0.29) is 0 Å². The molecule has 3 nitrogen and oxygen atoms in total. The summed E-state index contributed by atoms with van der Waals surface area (Å²) in [7, 11) is 3.49. The number of halogens is 1. The van der Waals surface area contributed by atoms with E-state index >= 15 is 0 Å². The Bertz CT molecular complexity index is 371. The van der Waals surface area contributed by atoms with E-state index in [1.807, 2.05) is 0 Å². The molecule has 0 heterocycles. The number of benzene rings is 1. The Kier molecular flexibility index (Phi) is 8.10. The molecule has 0 aliphatic carbocycles. The van der Waals surface area contributed by atoms with Crippen molar-refractivity contribution in [2.75, 3.05) is 45.4 Å². The summed E-state index contributed by atoms with van der Waals surface area (Å²) in [4.78, 5) is 2.35. The van der Waals surface area contributed by atoms with Gasteiger partial charge in [0.2, 0.25) is 0 Å². The Morgan fingerprint density at radius 2 is 1.84 bits per heavy atom. The molecule has 1 aromatic carbocycles. The van der Waals surface area contributed by atoms with Gasteiger partial charge in [0.25, 0.3) is 0 Å². The second-order valence-electron chi connectivity index (χ2n) is 4.57. The second-order valence-corrected chi connectivity index (χ2v) is 5.13. The monoisotopic (exact) mass is 329 g/mol. The van der Waals surface area contributed by atoms with Crippen LogP contribution in [0.4, 0.5) is 5.69 Å². The van der Waals surface area contributed by atoms with Gasteiger partial charge in [0.05, 0.1) is 6.61 Å². The molecule has 0 saturated heterocycles. The lowest BCUT2D eigenvalue weighted by atomic mass is 10.1. The van der Waals surface area contributed by atoms with Gasteiger partial charge in [0, 0.05) is 44.9 Å². The van der Waals surface area contributed by atoms with Crippen molar-refractivity contribution < 1.29 is 9.47 Å². The van der Waals surface area contributed by atoms with Crippen molar-refractivity contribution in [3.63, 3.8) is 0 Å². The number of hydrogen-bond donors (Lipinski definition) is 0. The van der Waals surface area contributed by atoms with Gasteiger partial charge < -0.3 is 14.4 Å². The highest BCUT2D eigenvalue weighted by atomic mass is 79.9. The second kappa shape index (κ2) is 9.34. The highest BCUT2D eigenvalue weighted by molar-refractivity contribution is 9.08. The van der Waals surface area contributed by atoms with E-state index in [1.54, 1.807) is 14.2 Å². The fourth-order valence-corrected chi connectivity index (χ4v) is 2.63. The molecule has 0 fully saturated rings. The van der Waals surface area contributed by atoms with Crippen molar-refractivity contribution in [1.82, 2.24) is 0 Å². The standard InChI is InChI=1S/C15H24BrNO2/c1-13-11-15(6-5-14(13)12-16)17(8-10-19-3)7-4-9-18-2/h5-6,11H,4,7-10,12H2,1-3H3. The molecule has 0 N–H and O–H groups in total. The van der Waals surface area contributed by atoms with E-state index in [0.29, 0.717) is 0 Å². The zero-order chi connectivity index (χ0) is 14.1. The summed E-state index contributed by atoms with van der Waals surface area (Å²) in [5, 5.41) is 0.904. The van der Waals surface area contributed by atoms with Gasteiger partial charge in [-0.05, 0) is 36.6 Å². The molecular weight excluding hydrogens is 306 g/mol. The molecule has 0 aliphatic rings. The van der Waals surface area contributed by atoms with Crippen LogP contribution in [0.15, 0.2) is 18.2 Å². The van der Waals surface area contributed by atoms with Crippen LogP contribution < -0.4 is 4.90 Å². The lowest BCUT2D eigenvalue weighted by molar-refractivity contribution is 0.191. The number of nitrogens with zero attached hydrogens (tertiary/aromatic N) is 1. The zero-order valence-corrected chi connectivity index (χ0v) is 13.7. The molecule has 1 aromatic rings. The van der Waals surface area contributed by atoms with Crippen LogP contribution in [-0.4, -0.2) is 40.5 Å². The number of methoxy groups -OCH3 is 2. The number of anilines is 1. The summed E-state index contributed by atoms with van der Waals surface area (Å²) >= 11 is 3.51. The molecule has 0 radical (unpaired) electrons. The van der Waals surface area contributed by atoms with Gasteiger partial charge in [-0.15, -0.1) is 0 Å². The van der Waals surface area contributed by atoms with E-state index in [9.17, 15) is 0 Å². The van der Waals surface area contributed by atoms with Crippen molar-refractivity contribution in [1.29, 1.82) is 0 Å². The quantitative estimate of drug-likeness (QED) is 0.512. The maximum Gasteiger partial charge on any atom is 0.0637 e. The fourth-order valence-electron chi connectivity index (χ4n) is 2.00. The third-order valence-corrected chi connectivity index (χ3v) is 3.78. The molecule has 0 aromatic heterocycles. The van der Waals surface area contributed by atoms with Crippen molar-refractivity contribution in [3.05, 3.63) is 29.3 Å². The maximum atomic E-state index is 5.19. The molecule has 108 valence electrons. The van der Waals surface area contributed by atoms with E-state index in [4.69, 9.17) is 9.47 Å². The van der Waals surface area contributed by atoms with E-state index in [2.05, 4.69) is 46.0 Å². The number of ether oxygens (including phenoxy) is 2. The van der Waals surface area contributed by atoms with E-state index in [1.165, 1.54) is 16.8 Å². The highest BCUT2D eigenvalue weighted by Gasteiger charge is 2.07. The third-order valence-electron chi connectivity index (χ3n) is 3.18. The Balaban J connectivity index is 2.74. The van der Waals surface area contributed by atoms with Crippen LogP contribution in [0.3, 0.4) is 0 Å². The van der Waals surface area contributed by atoms with E-state index < -0.39 is 0 Å². The summed E-state index contributed by atoms with van der Waals surface area (Å²) in [5.41, 5.74) is 3.92. The molecule has 0 amide bonds. The summed E-state index contributed by atoms with van der Waals surface area (Å²) in [5.74, 6) is 0. The van der Waals surface area contributed by atoms with Gasteiger partial charge in [-0.1, -0.05) is 22.0 Å². The number of rotatable bonds is 9. The highest BCUT2D eigenvalue weighted by Crippen LogP contribution is 2.21. The minimum atomic E-state index is 0.742. The van der Waals surface area contributed by atoms with Crippen LogP contribution in [-0.2, 0) is 14.8 Å². The van der Waals surface area contributed by atoms with Gasteiger partial charge in [0.1, 0.15) is 0 Å². The van der Waals surface area contributed by atoms with Gasteiger partial charge >= 0.3 is 0 Å². The molecule has 4 heteroatoms. The van der Waals surface area contributed by atoms with Crippen LogP contribution >= 0.6 is 15.9 Å². The Labute approximate surface area is 125 Å². The number of aryl methyl sites for hydroxylation is 1. The molecule has 0 saturated carbocycles.